The van der Waals surface area contributed by atoms with Crippen LogP contribution in [-0.4, -0.2) is 21.4 Å². The molecule has 3 aromatic rings. The molecule has 0 aliphatic carbocycles. The zero-order chi connectivity index (χ0) is 25.6. The Hall–Kier alpha value is -1.67. The molecule has 0 radical (unpaired) electrons. The molecule has 2 atom stereocenters. The van der Waals surface area contributed by atoms with Gasteiger partial charge in [-0.05, 0) is 12.8 Å². The number of nitrogens with zero attached hydrogens (tertiary/aromatic N) is 1. The van der Waals surface area contributed by atoms with Crippen LogP contribution in [0.1, 0.15) is 64.2 Å². The van der Waals surface area contributed by atoms with E-state index < -0.39 is 7.29 Å². The summed E-state index contributed by atoms with van der Waals surface area (Å²) in [6, 6.07) is 29.6. The van der Waals surface area contributed by atoms with E-state index in [2.05, 4.69) is 60.5 Å². The molecule has 4 rings (SSSR count). The Labute approximate surface area is 234 Å². The predicted molar refractivity (Wildman–Crippen MR) is 153 cm³/mol. The van der Waals surface area contributed by atoms with Crippen LogP contribution in [0.25, 0.3) is 5.09 Å². The van der Waals surface area contributed by atoms with Gasteiger partial charge in [-0.1, -0.05) is 52.8 Å². The van der Waals surface area contributed by atoms with Crippen LogP contribution >= 0.6 is 7.29 Å². The van der Waals surface area contributed by atoms with Gasteiger partial charge >= 0.3 is 0 Å². The first-order valence-corrected chi connectivity index (χ1v) is 13.7. The molecular weight excluding hydrogens is 612 g/mol. The second-order valence-electron chi connectivity index (χ2n) is 9.70. The molecule has 0 aromatic heterocycles. The summed E-state index contributed by atoms with van der Waals surface area (Å²) in [5, 5.41) is 4.67. The minimum absolute atomic E-state index is 0. The van der Waals surface area contributed by atoms with E-state index in [4.69, 9.17) is 0 Å². The van der Waals surface area contributed by atoms with Crippen LogP contribution in [0.5, 0.6) is 0 Å². The Morgan fingerprint density at radius 2 is 0.914 bits per heavy atom. The molecule has 1 N–H and O–H groups in total. The van der Waals surface area contributed by atoms with Crippen LogP contribution < -0.4 is 0 Å². The molecular formula is C31H43HfNOP-3. The summed E-state index contributed by atoms with van der Waals surface area (Å²) in [6.45, 7) is 21.7. The molecule has 0 saturated carbocycles. The van der Waals surface area contributed by atoms with Crippen molar-refractivity contribution in [1.82, 2.24) is 0 Å². The fourth-order valence-corrected chi connectivity index (χ4v) is 6.69. The molecule has 1 aliphatic rings. The largest absolute Gasteiger partial charge is 0.552 e. The summed E-state index contributed by atoms with van der Waals surface area (Å²) in [5.74, 6) is 0. The third-order valence-electron chi connectivity index (χ3n) is 5.29. The van der Waals surface area contributed by atoms with Gasteiger partial charge in [0.2, 0.25) is 0 Å². The van der Waals surface area contributed by atoms with Crippen molar-refractivity contribution < 1.29 is 30.4 Å². The number of rotatable bonds is 1. The second-order valence-corrected chi connectivity index (χ2v) is 13.1. The summed E-state index contributed by atoms with van der Waals surface area (Å²) in [6.07, 6.45) is 2.29. The average molecular weight is 655 g/mol. The smallest absolute Gasteiger partial charge is 0.157 e. The van der Waals surface area contributed by atoms with Crippen LogP contribution in [0.15, 0.2) is 91.0 Å². The summed E-state index contributed by atoms with van der Waals surface area (Å²) in [5.41, 5.74) is 3.96. The maximum atomic E-state index is 10.5. The van der Waals surface area contributed by atoms with Crippen molar-refractivity contribution in [2.45, 2.75) is 64.3 Å². The van der Waals surface area contributed by atoms with Gasteiger partial charge in [0, 0.05) is 37.2 Å². The molecule has 0 amide bonds. The zero-order valence-electron chi connectivity index (χ0n) is 22.2. The van der Waals surface area contributed by atoms with Crippen LogP contribution in [-0.2, 0) is 25.8 Å². The Balaban J connectivity index is 0.000000456. The SMILES string of the molecule is CC1CCC(C)P1(=[OH+])[N-]C(C)(C)C.[CH2-]c1ccccc1.[CH2-]c1ccccc1.[CH2-]c1ccccc1.[Hf]. The topological polar surface area (TPSA) is 35.5 Å². The Morgan fingerprint density at radius 1 is 0.657 bits per heavy atom. The van der Waals surface area contributed by atoms with E-state index in [9.17, 15) is 4.57 Å². The first-order chi connectivity index (χ1) is 15.9. The molecule has 0 bridgehead atoms. The molecule has 190 valence electrons. The van der Waals surface area contributed by atoms with E-state index >= 15 is 0 Å². The van der Waals surface area contributed by atoms with Gasteiger partial charge in [0.25, 0.3) is 0 Å². The van der Waals surface area contributed by atoms with E-state index in [0.29, 0.717) is 11.3 Å². The maximum Gasteiger partial charge on any atom is 0.157 e. The Morgan fingerprint density at radius 3 is 1.09 bits per heavy atom. The van der Waals surface area contributed by atoms with E-state index in [1.165, 1.54) is 0 Å². The fourth-order valence-electron chi connectivity index (χ4n) is 3.41. The van der Waals surface area contributed by atoms with Crippen LogP contribution in [0, 0.1) is 20.8 Å². The van der Waals surface area contributed by atoms with Crippen molar-refractivity contribution in [3.63, 3.8) is 0 Å². The minimum atomic E-state index is -2.00. The third kappa shape index (κ3) is 14.5. The third-order valence-corrected chi connectivity index (χ3v) is 9.32. The van der Waals surface area contributed by atoms with Gasteiger partial charge < -0.3 is 9.65 Å². The number of hydrogen-bond donors (Lipinski definition) is 0. The normalized spacial score (nSPS) is 20.4. The quantitative estimate of drug-likeness (QED) is 0.108. The van der Waals surface area contributed by atoms with Gasteiger partial charge in [-0.25, -0.2) is 0 Å². The maximum absolute atomic E-state index is 10.5. The molecule has 3 aromatic carbocycles. The monoisotopic (exact) mass is 656 g/mol. The molecule has 35 heavy (non-hydrogen) atoms. The van der Waals surface area contributed by atoms with Gasteiger partial charge in [0.05, 0.1) is 0 Å². The summed E-state index contributed by atoms with van der Waals surface area (Å²) >= 11 is 0. The van der Waals surface area contributed by atoms with Crippen LogP contribution in [0.2, 0.25) is 0 Å². The van der Waals surface area contributed by atoms with E-state index in [-0.39, 0.29) is 31.4 Å². The summed E-state index contributed by atoms with van der Waals surface area (Å²) in [4.78, 5) is 0. The van der Waals surface area contributed by atoms with Crippen molar-refractivity contribution >= 4 is 7.29 Å². The molecule has 2 nitrogen and oxygen atoms in total. The van der Waals surface area contributed by atoms with Gasteiger partial charge in [-0.3, -0.25) is 0 Å². The molecule has 1 saturated heterocycles. The van der Waals surface area contributed by atoms with Gasteiger partial charge in [0.15, 0.2) is 7.29 Å². The average Bonchev–Trinajstić information content (AvgIpc) is 3.02. The van der Waals surface area contributed by atoms with E-state index in [0.717, 1.165) is 29.5 Å². The molecule has 0 spiro atoms. The van der Waals surface area contributed by atoms with E-state index in [1.807, 2.05) is 91.0 Å². The predicted octanol–water partition coefficient (Wildman–Crippen LogP) is 9.55. The first-order valence-electron chi connectivity index (χ1n) is 11.9. The van der Waals surface area contributed by atoms with Crippen molar-refractivity contribution in [2.75, 3.05) is 0 Å². The van der Waals surface area contributed by atoms with Gasteiger partial charge in [0.1, 0.15) is 0 Å². The molecule has 1 aliphatic heterocycles. The van der Waals surface area contributed by atoms with Crippen molar-refractivity contribution in [3.8, 4) is 0 Å². The molecule has 4 heteroatoms. The first kappa shape index (κ1) is 33.3. The molecule has 1 heterocycles. The summed E-state index contributed by atoms with van der Waals surface area (Å²) in [7, 11) is -2.00. The standard InChI is InChI=1S/C10H21NOP.3C7H7.Hf/c1-8-6-7-9(2)13(8,12)11-10(3,4)5;3*1-7-5-3-2-4-6-7;/h8-9H,6-7H2,1-5H3;3*2-6H,1H2;/q4*-1;/p+1. The van der Waals surface area contributed by atoms with Crippen LogP contribution in [0.4, 0.5) is 0 Å². The van der Waals surface area contributed by atoms with Gasteiger partial charge in [-0.2, -0.15) is 73.9 Å². The van der Waals surface area contributed by atoms with Gasteiger partial charge in [-0.15, -0.1) is 41.9 Å². The molecule has 1 fully saturated rings. The van der Waals surface area contributed by atoms with Crippen molar-refractivity contribution in [1.29, 1.82) is 0 Å². The van der Waals surface area contributed by atoms with Crippen molar-refractivity contribution in [3.05, 3.63) is 134 Å². The second kappa shape index (κ2) is 16.9. The summed E-state index contributed by atoms with van der Waals surface area (Å²) < 4.78 is 10.5. The number of hydrogen-bond acceptors (Lipinski definition) is 0. The Bertz CT molecular complexity index is 852. The van der Waals surface area contributed by atoms with Crippen LogP contribution in [0.3, 0.4) is 0 Å². The van der Waals surface area contributed by atoms with E-state index in [1.54, 1.807) is 0 Å². The fraction of sp³-hybridized carbons (Fsp3) is 0.323. The zero-order valence-corrected chi connectivity index (χ0v) is 26.7. The Kier molecular flexibility index (Phi) is 16.1. The molecule has 2 unspecified atom stereocenters. The number of benzene rings is 3. The minimum Gasteiger partial charge on any atom is -0.552 e. The van der Waals surface area contributed by atoms with Crippen molar-refractivity contribution in [2.24, 2.45) is 0 Å².